The van der Waals surface area contributed by atoms with Crippen molar-refractivity contribution in [1.82, 2.24) is 10.2 Å². The molecule has 3 aromatic rings. The van der Waals surface area contributed by atoms with Crippen LogP contribution in [0.25, 0.3) is 22.5 Å². The Morgan fingerprint density at radius 3 is 2.09 bits per heavy atom. The maximum Gasteiger partial charge on any atom is 0.132 e. The highest BCUT2D eigenvalue weighted by Gasteiger charge is 2.10. The molecule has 0 unspecified atom stereocenters. The standard InChI is InChI=1S/C18H16N2O2/c1-21-14-8-9-15(18(12-14)22-2)17-11-10-16(19-20-17)13-6-4-3-5-7-13/h3-12H,1-2H3. The van der Waals surface area contributed by atoms with E-state index in [1.165, 1.54) is 0 Å². The van der Waals surface area contributed by atoms with E-state index in [1.54, 1.807) is 14.2 Å². The van der Waals surface area contributed by atoms with Crippen molar-refractivity contribution in [2.75, 3.05) is 14.2 Å². The Kier molecular flexibility index (Phi) is 4.01. The summed E-state index contributed by atoms with van der Waals surface area (Å²) in [7, 11) is 3.26. The molecule has 0 spiro atoms. The Morgan fingerprint density at radius 2 is 1.45 bits per heavy atom. The van der Waals surface area contributed by atoms with Crippen LogP contribution in [0.15, 0.2) is 60.7 Å². The fourth-order valence-corrected chi connectivity index (χ4v) is 2.25. The summed E-state index contributed by atoms with van der Waals surface area (Å²) < 4.78 is 10.6. The predicted molar refractivity (Wildman–Crippen MR) is 86.0 cm³/mol. The monoisotopic (exact) mass is 292 g/mol. The van der Waals surface area contributed by atoms with Crippen LogP contribution < -0.4 is 9.47 Å². The number of benzene rings is 2. The van der Waals surface area contributed by atoms with Crippen molar-refractivity contribution < 1.29 is 9.47 Å². The van der Waals surface area contributed by atoms with E-state index in [0.717, 1.165) is 28.3 Å². The topological polar surface area (TPSA) is 44.2 Å². The van der Waals surface area contributed by atoms with Crippen LogP contribution in [0.5, 0.6) is 11.5 Å². The van der Waals surface area contributed by atoms with E-state index >= 15 is 0 Å². The highest BCUT2D eigenvalue weighted by atomic mass is 16.5. The summed E-state index contributed by atoms with van der Waals surface area (Å²) in [6, 6.07) is 19.5. The van der Waals surface area contributed by atoms with Gasteiger partial charge in [0.25, 0.3) is 0 Å². The average Bonchev–Trinajstić information content (AvgIpc) is 2.62. The molecule has 110 valence electrons. The van der Waals surface area contributed by atoms with Gasteiger partial charge in [-0.1, -0.05) is 30.3 Å². The number of aromatic nitrogens is 2. The van der Waals surface area contributed by atoms with E-state index in [2.05, 4.69) is 10.2 Å². The van der Waals surface area contributed by atoms with Crippen LogP contribution in [-0.4, -0.2) is 24.4 Å². The molecule has 0 saturated heterocycles. The first-order valence-corrected chi connectivity index (χ1v) is 6.93. The quantitative estimate of drug-likeness (QED) is 0.733. The van der Waals surface area contributed by atoms with Gasteiger partial charge in [0, 0.05) is 17.2 Å². The number of methoxy groups -OCH3 is 2. The third-order valence-electron chi connectivity index (χ3n) is 3.42. The first-order chi connectivity index (χ1) is 10.8. The lowest BCUT2D eigenvalue weighted by Crippen LogP contribution is -1.94. The van der Waals surface area contributed by atoms with Crippen molar-refractivity contribution in [3.05, 3.63) is 60.7 Å². The van der Waals surface area contributed by atoms with Crippen LogP contribution in [0.2, 0.25) is 0 Å². The van der Waals surface area contributed by atoms with Gasteiger partial charge in [-0.3, -0.25) is 0 Å². The molecule has 0 N–H and O–H groups in total. The zero-order valence-corrected chi connectivity index (χ0v) is 12.5. The molecule has 0 saturated carbocycles. The van der Waals surface area contributed by atoms with Crippen molar-refractivity contribution in [2.24, 2.45) is 0 Å². The molecule has 0 atom stereocenters. The Labute approximate surface area is 129 Å². The maximum absolute atomic E-state index is 5.41. The van der Waals surface area contributed by atoms with Gasteiger partial charge in [0.2, 0.25) is 0 Å². The van der Waals surface area contributed by atoms with Crippen LogP contribution in [0.1, 0.15) is 0 Å². The predicted octanol–water partition coefficient (Wildman–Crippen LogP) is 3.83. The van der Waals surface area contributed by atoms with E-state index in [-0.39, 0.29) is 0 Å². The first-order valence-electron chi connectivity index (χ1n) is 6.93. The molecule has 0 aliphatic heterocycles. The first kappa shape index (κ1) is 14.1. The van der Waals surface area contributed by atoms with Crippen LogP contribution >= 0.6 is 0 Å². The summed E-state index contributed by atoms with van der Waals surface area (Å²) in [6.45, 7) is 0. The highest BCUT2D eigenvalue weighted by molar-refractivity contribution is 5.69. The fraction of sp³-hybridized carbons (Fsp3) is 0.111. The lowest BCUT2D eigenvalue weighted by Gasteiger charge is -2.10. The van der Waals surface area contributed by atoms with Gasteiger partial charge in [-0.25, -0.2) is 0 Å². The molecular weight excluding hydrogens is 276 g/mol. The summed E-state index contributed by atoms with van der Waals surface area (Å²) >= 11 is 0. The lowest BCUT2D eigenvalue weighted by molar-refractivity contribution is 0.395. The van der Waals surface area contributed by atoms with E-state index in [1.807, 2.05) is 60.7 Å². The minimum absolute atomic E-state index is 0.709. The summed E-state index contributed by atoms with van der Waals surface area (Å²) in [5.74, 6) is 1.45. The lowest BCUT2D eigenvalue weighted by atomic mass is 10.1. The van der Waals surface area contributed by atoms with Gasteiger partial charge in [0.05, 0.1) is 25.6 Å². The molecule has 4 heteroatoms. The van der Waals surface area contributed by atoms with E-state index in [4.69, 9.17) is 9.47 Å². The third-order valence-corrected chi connectivity index (χ3v) is 3.42. The maximum atomic E-state index is 5.41. The van der Waals surface area contributed by atoms with Gasteiger partial charge < -0.3 is 9.47 Å². The third kappa shape index (κ3) is 2.76. The molecule has 0 bridgehead atoms. The molecule has 4 nitrogen and oxygen atoms in total. The molecule has 0 amide bonds. The molecule has 0 radical (unpaired) electrons. The van der Waals surface area contributed by atoms with Gasteiger partial charge in [0.1, 0.15) is 11.5 Å². The molecular formula is C18H16N2O2. The molecule has 22 heavy (non-hydrogen) atoms. The molecule has 1 aromatic heterocycles. The van der Waals surface area contributed by atoms with Crippen molar-refractivity contribution in [3.63, 3.8) is 0 Å². The number of nitrogens with zero attached hydrogens (tertiary/aromatic N) is 2. The number of hydrogen-bond donors (Lipinski definition) is 0. The van der Waals surface area contributed by atoms with Crippen LogP contribution in [0, 0.1) is 0 Å². The van der Waals surface area contributed by atoms with Crippen molar-refractivity contribution in [1.29, 1.82) is 0 Å². The Hall–Kier alpha value is -2.88. The number of ether oxygens (including phenoxy) is 2. The van der Waals surface area contributed by atoms with Crippen LogP contribution in [0.4, 0.5) is 0 Å². The fourth-order valence-electron chi connectivity index (χ4n) is 2.25. The minimum Gasteiger partial charge on any atom is -0.497 e. The zero-order valence-electron chi connectivity index (χ0n) is 12.5. The molecule has 1 heterocycles. The minimum atomic E-state index is 0.709. The second-order valence-corrected chi connectivity index (χ2v) is 4.74. The number of hydrogen-bond acceptors (Lipinski definition) is 4. The van der Waals surface area contributed by atoms with Gasteiger partial charge in [-0.05, 0) is 24.3 Å². The Balaban J connectivity index is 1.96. The van der Waals surface area contributed by atoms with Crippen molar-refractivity contribution in [2.45, 2.75) is 0 Å². The summed E-state index contributed by atoms with van der Waals surface area (Å²) in [5, 5.41) is 8.63. The Bertz CT molecular complexity index is 756. The van der Waals surface area contributed by atoms with Gasteiger partial charge in [-0.2, -0.15) is 0 Å². The van der Waals surface area contributed by atoms with E-state index in [0.29, 0.717) is 5.75 Å². The molecule has 3 rings (SSSR count). The molecule has 2 aromatic carbocycles. The van der Waals surface area contributed by atoms with Crippen molar-refractivity contribution in [3.8, 4) is 34.0 Å². The summed E-state index contributed by atoms with van der Waals surface area (Å²) in [6.07, 6.45) is 0. The summed E-state index contributed by atoms with van der Waals surface area (Å²) in [4.78, 5) is 0. The molecule has 0 aliphatic carbocycles. The largest absolute Gasteiger partial charge is 0.497 e. The zero-order chi connectivity index (χ0) is 15.4. The summed E-state index contributed by atoms with van der Waals surface area (Å²) in [5.41, 5.74) is 3.54. The van der Waals surface area contributed by atoms with Gasteiger partial charge in [-0.15, -0.1) is 10.2 Å². The van der Waals surface area contributed by atoms with Gasteiger partial charge >= 0.3 is 0 Å². The normalized spacial score (nSPS) is 10.3. The van der Waals surface area contributed by atoms with E-state index < -0.39 is 0 Å². The second-order valence-electron chi connectivity index (χ2n) is 4.74. The van der Waals surface area contributed by atoms with Gasteiger partial charge in [0.15, 0.2) is 0 Å². The average molecular weight is 292 g/mol. The van der Waals surface area contributed by atoms with E-state index in [9.17, 15) is 0 Å². The SMILES string of the molecule is COc1ccc(-c2ccc(-c3ccccc3)nn2)c(OC)c1. The molecule has 0 aliphatic rings. The Morgan fingerprint density at radius 1 is 0.727 bits per heavy atom. The molecule has 0 fully saturated rings. The number of rotatable bonds is 4. The van der Waals surface area contributed by atoms with Crippen molar-refractivity contribution >= 4 is 0 Å². The second kappa shape index (κ2) is 6.26. The van der Waals surface area contributed by atoms with Crippen LogP contribution in [0.3, 0.4) is 0 Å². The highest BCUT2D eigenvalue weighted by Crippen LogP contribution is 2.32. The van der Waals surface area contributed by atoms with Crippen LogP contribution in [-0.2, 0) is 0 Å². The smallest absolute Gasteiger partial charge is 0.132 e.